The zero-order chi connectivity index (χ0) is 13.9. The molecule has 5 heteroatoms. The number of nitrogens with zero attached hydrogens (tertiary/aromatic N) is 1. The molecule has 2 rings (SSSR count). The molecule has 1 unspecified atom stereocenters. The van der Waals surface area contributed by atoms with Crippen molar-refractivity contribution in [1.82, 2.24) is 5.32 Å². The van der Waals surface area contributed by atoms with Gasteiger partial charge in [-0.05, 0) is 32.0 Å². The summed E-state index contributed by atoms with van der Waals surface area (Å²) in [5, 5.41) is 3.34. The summed E-state index contributed by atoms with van der Waals surface area (Å²) in [5.41, 5.74) is 0.848. The van der Waals surface area contributed by atoms with Crippen LogP contribution in [0.2, 0.25) is 0 Å². The van der Waals surface area contributed by atoms with Gasteiger partial charge in [-0.1, -0.05) is 19.1 Å². The standard InChI is InChI=1S/C14H22N2O2S/c1-3-16(12-9-10-15-11-12)13-7-5-6-8-14(13)19(17,18)4-2/h5-8,12,15H,3-4,9-11H2,1-2H3. The van der Waals surface area contributed by atoms with Gasteiger partial charge in [-0.2, -0.15) is 0 Å². The minimum atomic E-state index is -3.18. The number of hydrogen-bond donors (Lipinski definition) is 1. The zero-order valence-electron chi connectivity index (χ0n) is 11.6. The second-order valence-corrected chi connectivity index (χ2v) is 7.05. The molecule has 4 nitrogen and oxygen atoms in total. The predicted molar refractivity (Wildman–Crippen MR) is 78.5 cm³/mol. The quantitative estimate of drug-likeness (QED) is 0.892. The van der Waals surface area contributed by atoms with Crippen molar-refractivity contribution in [3.8, 4) is 0 Å². The molecule has 1 aliphatic rings. The molecule has 1 heterocycles. The Morgan fingerprint density at radius 3 is 2.63 bits per heavy atom. The number of rotatable bonds is 5. The summed E-state index contributed by atoms with van der Waals surface area (Å²) in [6.07, 6.45) is 1.06. The summed E-state index contributed by atoms with van der Waals surface area (Å²) >= 11 is 0. The topological polar surface area (TPSA) is 49.4 Å². The Bertz CT molecular complexity index is 522. The van der Waals surface area contributed by atoms with Gasteiger partial charge in [-0.3, -0.25) is 0 Å². The van der Waals surface area contributed by atoms with Crippen LogP contribution in [0.5, 0.6) is 0 Å². The van der Waals surface area contributed by atoms with E-state index in [2.05, 4.69) is 17.1 Å². The van der Waals surface area contributed by atoms with Gasteiger partial charge in [0.1, 0.15) is 0 Å². The third kappa shape index (κ3) is 2.92. The molecule has 1 aromatic carbocycles. The van der Waals surface area contributed by atoms with E-state index in [0.29, 0.717) is 10.9 Å². The van der Waals surface area contributed by atoms with Crippen molar-refractivity contribution in [1.29, 1.82) is 0 Å². The van der Waals surface area contributed by atoms with E-state index in [9.17, 15) is 8.42 Å². The Morgan fingerprint density at radius 2 is 2.05 bits per heavy atom. The van der Waals surface area contributed by atoms with Crippen molar-refractivity contribution >= 4 is 15.5 Å². The fraction of sp³-hybridized carbons (Fsp3) is 0.571. The Hall–Kier alpha value is -1.07. The van der Waals surface area contributed by atoms with Gasteiger partial charge < -0.3 is 10.2 Å². The summed E-state index contributed by atoms with van der Waals surface area (Å²) in [5.74, 6) is 0.143. The second kappa shape index (κ2) is 5.92. The molecule has 106 valence electrons. The van der Waals surface area contributed by atoms with Crippen molar-refractivity contribution in [3.05, 3.63) is 24.3 Å². The Kier molecular flexibility index (Phi) is 4.47. The van der Waals surface area contributed by atoms with Crippen molar-refractivity contribution in [2.45, 2.75) is 31.2 Å². The zero-order valence-corrected chi connectivity index (χ0v) is 12.4. The summed E-state index contributed by atoms with van der Waals surface area (Å²) in [6.45, 7) is 6.52. The largest absolute Gasteiger partial charge is 0.366 e. The molecule has 0 aromatic heterocycles. The van der Waals surface area contributed by atoms with Gasteiger partial charge in [-0.15, -0.1) is 0 Å². The number of likely N-dealkylation sites (N-methyl/N-ethyl adjacent to an activating group) is 1. The molecule has 0 bridgehead atoms. The number of para-hydroxylation sites is 1. The van der Waals surface area contributed by atoms with Gasteiger partial charge in [-0.25, -0.2) is 8.42 Å². The van der Waals surface area contributed by atoms with Gasteiger partial charge in [0.15, 0.2) is 9.84 Å². The number of nitrogens with one attached hydrogen (secondary N) is 1. The van der Waals surface area contributed by atoms with Crippen LogP contribution >= 0.6 is 0 Å². The normalized spacial score (nSPS) is 19.6. The summed E-state index contributed by atoms with van der Waals surface area (Å²) in [4.78, 5) is 2.67. The summed E-state index contributed by atoms with van der Waals surface area (Å²) in [7, 11) is -3.18. The van der Waals surface area contributed by atoms with Gasteiger partial charge in [0, 0.05) is 19.1 Å². The average molecular weight is 282 g/mol. The highest BCUT2D eigenvalue weighted by Gasteiger charge is 2.26. The third-order valence-electron chi connectivity index (χ3n) is 3.71. The molecular weight excluding hydrogens is 260 g/mol. The highest BCUT2D eigenvalue weighted by Crippen LogP contribution is 2.28. The molecule has 19 heavy (non-hydrogen) atoms. The van der Waals surface area contributed by atoms with E-state index < -0.39 is 9.84 Å². The number of benzene rings is 1. The molecule has 1 atom stereocenters. The molecule has 1 aromatic rings. The fourth-order valence-electron chi connectivity index (χ4n) is 2.64. The highest BCUT2D eigenvalue weighted by atomic mass is 32.2. The van der Waals surface area contributed by atoms with Crippen LogP contribution in [0.4, 0.5) is 5.69 Å². The lowest BCUT2D eigenvalue weighted by molar-refractivity contribution is 0.594. The van der Waals surface area contributed by atoms with Crippen LogP contribution in [0.25, 0.3) is 0 Å². The van der Waals surface area contributed by atoms with E-state index in [4.69, 9.17) is 0 Å². The Balaban J connectivity index is 2.43. The van der Waals surface area contributed by atoms with Crippen LogP contribution in [-0.4, -0.2) is 39.8 Å². The van der Waals surface area contributed by atoms with Crippen LogP contribution in [0, 0.1) is 0 Å². The van der Waals surface area contributed by atoms with Gasteiger partial charge in [0.25, 0.3) is 0 Å². The summed E-state index contributed by atoms with van der Waals surface area (Å²) in [6, 6.07) is 7.74. The molecule has 0 saturated carbocycles. The highest BCUT2D eigenvalue weighted by molar-refractivity contribution is 7.91. The molecule has 0 amide bonds. The molecule has 1 fully saturated rings. The van der Waals surface area contributed by atoms with Gasteiger partial charge in [0.05, 0.1) is 16.3 Å². The van der Waals surface area contributed by atoms with E-state index in [1.165, 1.54) is 0 Å². The number of anilines is 1. The van der Waals surface area contributed by atoms with Crippen LogP contribution in [0.3, 0.4) is 0 Å². The maximum absolute atomic E-state index is 12.2. The first-order chi connectivity index (χ1) is 9.10. The Morgan fingerprint density at radius 1 is 1.32 bits per heavy atom. The lowest BCUT2D eigenvalue weighted by Crippen LogP contribution is -2.37. The van der Waals surface area contributed by atoms with Gasteiger partial charge >= 0.3 is 0 Å². The van der Waals surface area contributed by atoms with E-state index >= 15 is 0 Å². The average Bonchev–Trinajstić information content (AvgIpc) is 2.94. The maximum atomic E-state index is 12.2. The van der Waals surface area contributed by atoms with Crippen molar-refractivity contribution < 1.29 is 8.42 Å². The lowest BCUT2D eigenvalue weighted by atomic mass is 10.2. The van der Waals surface area contributed by atoms with Crippen LogP contribution in [0.15, 0.2) is 29.2 Å². The first-order valence-corrected chi connectivity index (χ1v) is 8.54. The number of hydrogen-bond acceptors (Lipinski definition) is 4. The molecule has 1 N–H and O–H groups in total. The predicted octanol–water partition coefficient (Wildman–Crippen LogP) is 1.67. The van der Waals surface area contributed by atoms with Crippen molar-refractivity contribution in [3.63, 3.8) is 0 Å². The SMILES string of the molecule is CCN(c1ccccc1S(=O)(=O)CC)C1CCNC1. The minimum Gasteiger partial charge on any atom is -0.366 e. The first-order valence-electron chi connectivity index (χ1n) is 6.89. The number of sulfone groups is 1. The van der Waals surface area contributed by atoms with Crippen LogP contribution in [0.1, 0.15) is 20.3 Å². The summed E-state index contributed by atoms with van der Waals surface area (Å²) < 4.78 is 24.4. The van der Waals surface area contributed by atoms with Gasteiger partial charge in [0.2, 0.25) is 0 Å². The van der Waals surface area contributed by atoms with Crippen LogP contribution < -0.4 is 10.2 Å². The minimum absolute atomic E-state index is 0.143. The van der Waals surface area contributed by atoms with E-state index in [-0.39, 0.29) is 5.75 Å². The van der Waals surface area contributed by atoms with Crippen molar-refractivity contribution in [2.24, 2.45) is 0 Å². The van der Waals surface area contributed by atoms with Crippen LogP contribution in [-0.2, 0) is 9.84 Å². The molecule has 0 radical (unpaired) electrons. The molecule has 0 spiro atoms. The first kappa shape index (κ1) is 14.3. The van der Waals surface area contributed by atoms with E-state index in [1.807, 2.05) is 12.1 Å². The smallest absolute Gasteiger partial charge is 0.180 e. The molecular formula is C14H22N2O2S. The molecule has 0 aliphatic carbocycles. The Labute approximate surface area is 115 Å². The molecule has 1 aliphatic heterocycles. The fourth-order valence-corrected chi connectivity index (χ4v) is 3.74. The maximum Gasteiger partial charge on any atom is 0.180 e. The second-order valence-electron chi connectivity index (χ2n) is 4.80. The van der Waals surface area contributed by atoms with Crippen molar-refractivity contribution in [2.75, 3.05) is 30.3 Å². The van der Waals surface area contributed by atoms with E-state index in [1.54, 1.807) is 19.1 Å². The lowest BCUT2D eigenvalue weighted by Gasteiger charge is -2.31. The monoisotopic (exact) mass is 282 g/mol. The van der Waals surface area contributed by atoms with E-state index in [0.717, 1.165) is 31.7 Å². The third-order valence-corrected chi connectivity index (χ3v) is 5.48. The molecule has 1 saturated heterocycles.